The molecule has 1 heterocycles. The van der Waals surface area contributed by atoms with Gasteiger partial charge in [-0.25, -0.2) is 4.98 Å². The third-order valence-corrected chi connectivity index (χ3v) is 1.85. The van der Waals surface area contributed by atoms with Crippen molar-refractivity contribution >= 4 is 11.5 Å². The number of rotatable bonds is 5. The maximum absolute atomic E-state index is 10.7. The molecule has 0 saturated carbocycles. The molecule has 0 atom stereocenters. The molecule has 0 aliphatic carbocycles. The van der Waals surface area contributed by atoms with E-state index in [0.717, 1.165) is 6.42 Å². The van der Waals surface area contributed by atoms with Crippen LogP contribution in [0.3, 0.4) is 0 Å². The Labute approximate surface area is 96.9 Å². The van der Waals surface area contributed by atoms with Crippen molar-refractivity contribution in [1.29, 1.82) is 0 Å². The summed E-state index contributed by atoms with van der Waals surface area (Å²) in [6, 6.07) is 2.56. The molecule has 1 aromatic heterocycles. The summed E-state index contributed by atoms with van der Waals surface area (Å²) in [4.78, 5) is 13.9. The fourth-order valence-electron chi connectivity index (χ4n) is 1.10. The highest BCUT2D eigenvalue weighted by molar-refractivity contribution is 5.98. The van der Waals surface area contributed by atoms with Crippen LogP contribution in [-0.2, 0) is 0 Å². The summed E-state index contributed by atoms with van der Waals surface area (Å²) in [6.45, 7) is 2.34. The van der Waals surface area contributed by atoms with E-state index in [-0.39, 0.29) is 17.3 Å². The molecule has 8 nitrogen and oxygen atoms in total. The van der Waals surface area contributed by atoms with Crippen LogP contribution in [0.4, 0.5) is 5.69 Å². The predicted molar refractivity (Wildman–Crippen MR) is 59.2 cm³/mol. The molecule has 0 spiro atoms. The van der Waals surface area contributed by atoms with E-state index in [9.17, 15) is 10.1 Å². The first-order chi connectivity index (χ1) is 8.10. The highest BCUT2D eigenvalue weighted by atomic mass is 16.6. The molecule has 0 amide bonds. The SMILES string of the molecule is CCCOc1ccc([N+](=O)[O-])c(/C(N)=N/O)n1. The number of oxime groups is 1. The van der Waals surface area contributed by atoms with Crippen molar-refractivity contribution in [3.05, 3.63) is 27.9 Å². The Bertz CT molecular complexity index is 447. The summed E-state index contributed by atoms with van der Waals surface area (Å²) < 4.78 is 5.20. The zero-order valence-electron chi connectivity index (χ0n) is 9.16. The predicted octanol–water partition coefficient (Wildman–Crippen LogP) is 0.873. The average Bonchev–Trinajstić information content (AvgIpc) is 2.34. The van der Waals surface area contributed by atoms with Gasteiger partial charge in [-0.15, -0.1) is 0 Å². The lowest BCUT2D eigenvalue weighted by Crippen LogP contribution is -2.17. The minimum atomic E-state index is -0.663. The van der Waals surface area contributed by atoms with Gasteiger partial charge in [0.05, 0.1) is 11.5 Å². The molecule has 0 fully saturated rings. The van der Waals surface area contributed by atoms with E-state index in [1.54, 1.807) is 0 Å². The fourth-order valence-corrected chi connectivity index (χ4v) is 1.10. The van der Waals surface area contributed by atoms with Gasteiger partial charge in [0.1, 0.15) is 0 Å². The Hall–Kier alpha value is -2.38. The van der Waals surface area contributed by atoms with Crippen LogP contribution in [0.25, 0.3) is 0 Å². The highest BCUT2D eigenvalue weighted by Crippen LogP contribution is 2.20. The van der Waals surface area contributed by atoms with E-state index in [4.69, 9.17) is 15.7 Å². The van der Waals surface area contributed by atoms with Crippen LogP contribution in [0.1, 0.15) is 19.0 Å². The van der Waals surface area contributed by atoms with Crippen molar-refractivity contribution in [2.45, 2.75) is 13.3 Å². The lowest BCUT2D eigenvalue weighted by atomic mass is 10.3. The summed E-state index contributed by atoms with van der Waals surface area (Å²) >= 11 is 0. The van der Waals surface area contributed by atoms with Crippen LogP contribution in [0, 0.1) is 10.1 Å². The van der Waals surface area contributed by atoms with Crippen molar-refractivity contribution < 1.29 is 14.9 Å². The topological polar surface area (TPSA) is 124 Å². The summed E-state index contributed by atoms with van der Waals surface area (Å²) in [7, 11) is 0. The molecule has 0 radical (unpaired) electrons. The lowest BCUT2D eigenvalue weighted by molar-refractivity contribution is -0.385. The quantitative estimate of drug-likeness (QED) is 0.259. The van der Waals surface area contributed by atoms with Crippen LogP contribution in [0.15, 0.2) is 17.3 Å². The molecule has 1 aromatic rings. The molecule has 0 aliphatic rings. The largest absolute Gasteiger partial charge is 0.478 e. The summed E-state index contributed by atoms with van der Waals surface area (Å²) in [5, 5.41) is 21.9. The van der Waals surface area contributed by atoms with E-state index >= 15 is 0 Å². The van der Waals surface area contributed by atoms with Gasteiger partial charge in [-0.1, -0.05) is 12.1 Å². The monoisotopic (exact) mass is 240 g/mol. The first-order valence-corrected chi connectivity index (χ1v) is 4.86. The van der Waals surface area contributed by atoms with Crippen LogP contribution in [0.5, 0.6) is 5.88 Å². The minimum Gasteiger partial charge on any atom is -0.478 e. The second kappa shape index (κ2) is 5.64. The molecule has 0 aliphatic heterocycles. The summed E-state index contributed by atoms with van der Waals surface area (Å²) in [5.41, 5.74) is 4.75. The van der Waals surface area contributed by atoms with Crippen LogP contribution >= 0.6 is 0 Å². The molecule has 0 bridgehead atoms. The number of aromatic nitrogens is 1. The number of amidine groups is 1. The molecule has 3 N–H and O–H groups in total. The number of nitrogens with zero attached hydrogens (tertiary/aromatic N) is 3. The third kappa shape index (κ3) is 3.03. The van der Waals surface area contributed by atoms with E-state index < -0.39 is 10.8 Å². The van der Waals surface area contributed by atoms with Crippen molar-refractivity contribution in [2.75, 3.05) is 6.61 Å². The van der Waals surface area contributed by atoms with Crippen molar-refractivity contribution in [2.24, 2.45) is 10.9 Å². The maximum atomic E-state index is 10.7. The second-order valence-electron chi connectivity index (χ2n) is 3.11. The first kappa shape index (κ1) is 12.7. The minimum absolute atomic E-state index is 0.194. The van der Waals surface area contributed by atoms with Gasteiger partial charge in [-0.3, -0.25) is 10.1 Å². The number of hydrogen-bond donors (Lipinski definition) is 2. The molecule has 8 heteroatoms. The molecule has 17 heavy (non-hydrogen) atoms. The molecule has 0 aromatic carbocycles. The van der Waals surface area contributed by atoms with Crippen LogP contribution in [-0.4, -0.2) is 27.6 Å². The van der Waals surface area contributed by atoms with Gasteiger partial charge in [-0.05, 0) is 6.42 Å². The smallest absolute Gasteiger partial charge is 0.299 e. The molecule has 0 saturated heterocycles. The zero-order chi connectivity index (χ0) is 12.8. The molecule has 1 rings (SSSR count). The van der Waals surface area contributed by atoms with Crippen molar-refractivity contribution in [1.82, 2.24) is 4.98 Å². The van der Waals surface area contributed by atoms with Gasteiger partial charge in [0.15, 0.2) is 11.5 Å². The van der Waals surface area contributed by atoms with E-state index in [0.29, 0.717) is 6.61 Å². The first-order valence-electron chi connectivity index (χ1n) is 4.86. The normalized spacial score (nSPS) is 11.2. The van der Waals surface area contributed by atoms with Crippen molar-refractivity contribution in [3.8, 4) is 5.88 Å². The van der Waals surface area contributed by atoms with Gasteiger partial charge in [-0.2, -0.15) is 0 Å². The standard InChI is InChI=1S/C9H12N4O4/c1-2-5-17-7-4-3-6(13(15)16)8(11-7)9(10)12-14/h3-4,14H,2,5H2,1H3,(H2,10,12). The van der Waals surface area contributed by atoms with Gasteiger partial charge in [0.25, 0.3) is 5.69 Å². The highest BCUT2D eigenvalue weighted by Gasteiger charge is 2.20. The fraction of sp³-hybridized carbons (Fsp3) is 0.333. The second-order valence-corrected chi connectivity index (χ2v) is 3.11. The maximum Gasteiger partial charge on any atom is 0.299 e. The van der Waals surface area contributed by atoms with Crippen LogP contribution in [0.2, 0.25) is 0 Å². The number of hydrogen-bond acceptors (Lipinski definition) is 6. The Morgan fingerprint density at radius 3 is 2.94 bits per heavy atom. The zero-order valence-corrected chi connectivity index (χ0v) is 9.16. The number of pyridine rings is 1. The van der Waals surface area contributed by atoms with Crippen LogP contribution < -0.4 is 10.5 Å². The molecule has 0 unspecified atom stereocenters. The number of nitrogens with two attached hydrogens (primary N) is 1. The average molecular weight is 240 g/mol. The third-order valence-electron chi connectivity index (χ3n) is 1.85. The van der Waals surface area contributed by atoms with Gasteiger partial charge < -0.3 is 15.7 Å². The van der Waals surface area contributed by atoms with E-state index in [2.05, 4.69) is 10.1 Å². The summed E-state index contributed by atoms with van der Waals surface area (Å²) in [6.07, 6.45) is 0.775. The lowest BCUT2D eigenvalue weighted by Gasteiger charge is -2.05. The number of nitro groups is 1. The van der Waals surface area contributed by atoms with E-state index in [1.807, 2.05) is 6.92 Å². The Morgan fingerprint density at radius 1 is 1.71 bits per heavy atom. The van der Waals surface area contributed by atoms with Crippen molar-refractivity contribution in [3.63, 3.8) is 0 Å². The number of ether oxygens (including phenoxy) is 1. The Kier molecular flexibility index (Phi) is 4.21. The van der Waals surface area contributed by atoms with Gasteiger partial charge >= 0.3 is 0 Å². The van der Waals surface area contributed by atoms with Gasteiger partial charge in [0.2, 0.25) is 5.88 Å². The Balaban J connectivity index is 3.15. The van der Waals surface area contributed by atoms with E-state index in [1.165, 1.54) is 12.1 Å². The molecular formula is C9H12N4O4. The Morgan fingerprint density at radius 2 is 2.41 bits per heavy atom. The van der Waals surface area contributed by atoms with Gasteiger partial charge in [0, 0.05) is 12.1 Å². The summed E-state index contributed by atoms with van der Waals surface area (Å²) in [5.74, 6) is -0.238. The molecular weight excluding hydrogens is 228 g/mol. The molecule has 92 valence electrons.